The van der Waals surface area contributed by atoms with Gasteiger partial charge in [-0.15, -0.1) is 0 Å². The van der Waals surface area contributed by atoms with Crippen molar-refractivity contribution in [1.82, 2.24) is 0 Å². The molecule has 358 valence electrons. The number of hydrogen-bond donors (Lipinski definition) is 0. The number of alkyl halides is 12. The molecule has 0 aliphatic carbocycles. The van der Waals surface area contributed by atoms with E-state index in [1.54, 1.807) is 60.7 Å². The molecule has 0 atom stereocenters. The van der Waals surface area contributed by atoms with Crippen LogP contribution in [-0.4, -0.2) is 0 Å². The van der Waals surface area contributed by atoms with Crippen molar-refractivity contribution in [3.8, 4) is 22.3 Å². The van der Waals surface area contributed by atoms with Gasteiger partial charge in [0.2, 0.25) is 0 Å². The molecule has 0 amide bonds. The lowest BCUT2D eigenvalue weighted by atomic mass is 9.94. The van der Waals surface area contributed by atoms with Crippen molar-refractivity contribution in [3.05, 3.63) is 218 Å². The zero-order valence-corrected chi connectivity index (χ0v) is 41.7. The van der Waals surface area contributed by atoms with Crippen molar-refractivity contribution in [2.45, 2.75) is 24.7 Å². The summed E-state index contributed by atoms with van der Waals surface area (Å²) < 4.78 is 162. The second-order valence-corrected chi connectivity index (χ2v) is 19.0. The summed E-state index contributed by atoms with van der Waals surface area (Å²) in [4.78, 5) is 0. The van der Waals surface area contributed by atoms with Crippen molar-refractivity contribution in [1.29, 1.82) is 0 Å². The molecule has 0 unspecified atom stereocenters. The monoisotopic (exact) mass is 1220 g/mol. The smallest absolute Gasteiger partial charge is 0.166 e. The Bertz CT molecular complexity index is 2920. The highest BCUT2D eigenvalue weighted by atomic mass is 79.9. The summed E-state index contributed by atoms with van der Waals surface area (Å²) >= 11 is 14.9. The van der Waals surface area contributed by atoms with Gasteiger partial charge in [0, 0.05) is 17.9 Å². The Morgan fingerprint density at radius 2 is 0.429 bits per heavy atom. The van der Waals surface area contributed by atoms with Crippen LogP contribution in [0.25, 0.3) is 70.9 Å². The molecular weight excluding hydrogens is 1200 g/mol. The van der Waals surface area contributed by atoms with Gasteiger partial charge in [0.25, 0.3) is 0 Å². The Labute approximate surface area is 427 Å². The van der Waals surface area contributed by atoms with Crippen LogP contribution >= 0.6 is 63.7 Å². The molecule has 7 rings (SSSR count). The Hall–Kier alpha value is -5.42. The Morgan fingerprint density at radius 3 is 0.643 bits per heavy atom. The van der Waals surface area contributed by atoms with E-state index in [1.807, 2.05) is 24.3 Å². The molecule has 0 saturated heterocycles. The Kier molecular flexibility index (Phi) is 15.8. The molecule has 0 aliphatic heterocycles. The van der Waals surface area contributed by atoms with Crippen LogP contribution in [0.1, 0.15) is 66.8 Å². The van der Waals surface area contributed by atoms with Crippen molar-refractivity contribution in [2.24, 2.45) is 0 Å². The van der Waals surface area contributed by atoms with E-state index in [2.05, 4.69) is 63.7 Å². The highest BCUT2D eigenvalue weighted by Gasteiger charge is 2.32. The summed E-state index contributed by atoms with van der Waals surface area (Å²) in [5.41, 5.74) is 3.93. The van der Waals surface area contributed by atoms with E-state index < -0.39 is 47.0 Å². The van der Waals surface area contributed by atoms with Crippen LogP contribution in [0.3, 0.4) is 0 Å². The zero-order chi connectivity index (χ0) is 50.8. The van der Waals surface area contributed by atoms with Gasteiger partial charge in [-0.2, -0.15) is 52.7 Å². The topological polar surface area (TPSA) is 0 Å². The van der Waals surface area contributed by atoms with Gasteiger partial charge in [0.15, 0.2) is 0 Å². The summed E-state index contributed by atoms with van der Waals surface area (Å²) in [5, 5.41) is 0. The van der Waals surface area contributed by atoms with E-state index in [0.717, 1.165) is 48.5 Å². The fourth-order valence-corrected chi connectivity index (χ4v) is 9.30. The highest BCUT2D eigenvalue weighted by Crippen LogP contribution is 2.44. The van der Waals surface area contributed by atoms with Crippen molar-refractivity contribution in [2.75, 3.05) is 0 Å². The molecule has 0 aliphatic rings. The third-order valence-electron chi connectivity index (χ3n) is 10.8. The predicted molar refractivity (Wildman–Crippen MR) is 270 cm³/mol. The molecule has 0 heterocycles. The Morgan fingerprint density at radius 1 is 0.243 bits per heavy atom. The molecule has 0 aromatic heterocycles. The van der Waals surface area contributed by atoms with E-state index in [0.29, 0.717) is 84.7 Å². The summed E-state index contributed by atoms with van der Waals surface area (Å²) in [6, 6.07) is 29.5. The molecule has 16 heteroatoms. The number of halogens is 16. The first kappa shape index (κ1) is 52.4. The molecule has 0 fully saturated rings. The summed E-state index contributed by atoms with van der Waals surface area (Å²) in [6.45, 7) is 0. The normalized spacial score (nSPS) is 12.9. The first-order chi connectivity index (χ1) is 32.8. The second-order valence-electron chi connectivity index (χ2n) is 15.5. The first-order valence-corrected chi connectivity index (χ1v) is 23.6. The van der Waals surface area contributed by atoms with Gasteiger partial charge in [-0.1, -0.05) is 161 Å². The molecule has 7 aromatic carbocycles. The third-order valence-corrected chi connectivity index (χ3v) is 13.4. The van der Waals surface area contributed by atoms with Gasteiger partial charge in [0.05, 0.1) is 22.3 Å². The summed E-state index contributed by atoms with van der Waals surface area (Å²) in [7, 11) is 0. The third kappa shape index (κ3) is 13.1. The maximum Gasteiger partial charge on any atom is 0.416 e. The average Bonchev–Trinajstić information content (AvgIpc) is 3.29. The van der Waals surface area contributed by atoms with Crippen LogP contribution in [0.2, 0.25) is 0 Å². The van der Waals surface area contributed by atoms with Crippen LogP contribution < -0.4 is 0 Å². The van der Waals surface area contributed by atoms with Gasteiger partial charge in [0.1, 0.15) is 0 Å². The largest absolute Gasteiger partial charge is 0.416 e. The molecule has 0 radical (unpaired) electrons. The minimum Gasteiger partial charge on any atom is -0.166 e. The van der Waals surface area contributed by atoms with Crippen LogP contribution in [0, 0.1) is 0 Å². The average molecular weight is 1230 g/mol. The molecule has 70 heavy (non-hydrogen) atoms. The molecule has 0 N–H and O–H groups in total. The number of rotatable bonds is 10. The predicted octanol–water partition coefficient (Wildman–Crippen LogP) is 20.8. The lowest BCUT2D eigenvalue weighted by Crippen LogP contribution is -2.03. The van der Waals surface area contributed by atoms with Crippen molar-refractivity contribution in [3.63, 3.8) is 0 Å². The zero-order valence-electron chi connectivity index (χ0n) is 35.4. The van der Waals surface area contributed by atoms with Gasteiger partial charge in [-0.05, 0) is 152 Å². The van der Waals surface area contributed by atoms with Crippen LogP contribution in [0.4, 0.5) is 52.7 Å². The van der Waals surface area contributed by atoms with Crippen molar-refractivity contribution < 1.29 is 52.7 Å². The second kappa shape index (κ2) is 21.1. The molecule has 0 nitrogen and oxygen atoms in total. The van der Waals surface area contributed by atoms with Gasteiger partial charge < -0.3 is 0 Å². The summed E-state index contributed by atoms with van der Waals surface area (Å²) in [5.74, 6) is 0. The van der Waals surface area contributed by atoms with E-state index in [4.69, 9.17) is 0 Å². The first-order valence-electron chi connectivity index (χ1n) is 20.4. The highest BCUT2D eigenvalue weighted by molar-refractivity contribution is 9.11. The van der Waals surface area contributed by atoms with Gasteiger partial charge >= 0.3 is 24.7 Å². The van der Waals surface area contributed by atoms with E-state index >= 15 is 0 Å². The lowest BCUT2D eigenvalue weighted by Gasteiger charge is -2.16. The van der Waals surface area contributed by atoms with Crippen LogP contribution in [0.5, 0.6) is 0 Å². The minimum absolute atomic E-state index is 0.476. The number of benzene rings is 7. The van der Waals surface area contributed by atoms with E-state index in [1.165, 1.54) is 48.5 Å². The molecule has 0 bridgehead atoms. The maximum atomic E-state index is 13.3. The fourth-order valence-electron chi connectivity index (χ4n) is 7.04. The molecule has 0 spiro atoms. The molecule has 7 aromatic rings. The summed E-state index contributed by atoms with van der Waals surface area (Å²) in [6.07, 6.45) is -4.66. The maximum absolute atomic E-state index is 13.3. The lowest BCUT2D eigenvalue weighted by molar-refractivity contribution is -0.138. The van der Waals surface area contributed by atoms with E-state index in [9.17, 15) is 52.7 Å². The SMILES string of the molecule is FC(F)(F)c1ccc(C=Cc2cc(Br)c(-c3cc(Br)c(-c4cc(C=Cc5ccc(C(F)(F)F)cc5)c(C=Cc5ccc(C(F)(F)F)cc5)cc4Br)cc3Br)cc2C=Cc2ccc(C(F)(F)F)cc2)cc1. The van der Waals surface area contributed by atoms with Crippen LogP contribution in [0.15, 0.2) is 151 Å². The fraction of sp³-hybridized carbons (Fsp3) is 0.0741. The number of hydrogen-bond acceptors (Lipinski definition) is 0. The Balaban J connectivity index is 1.28. The van der Waals surface area contributed by atoms with Gasteiger partial charge in [-0.3, -0.25) is 0 Å². The quantitative estimate of drug-likeness (QED) is 0.0946. The van der Waals surface area contributed by atoms with E-state index in [-0.39, 0.29) is 0 Å². The molecule has 0 saturated carbocycles. The molecular formula is C54H30Br4F12. The van der Waals surface area contributed by atoms with Crippen LogP contribution in [-0.2, 0) is 24.7 Å². The standard InChI is InChI=1S/C54H30Br4F12/c55-47-27-37(15-3-33-9-21-41(22-10-33)53(65,66)67)35(13-1-31-5-17-39(18-6-31)51(59,60)61)25-43(47)45-29-50(58)46(30-49(45)57)44-26-36(14-2-32-7-19-40(20-8-32)52(62,63)64)38(28-48(44)56)16-4-34-11-23-42(24-12-34)54(68,69)70/h1-30H. The minimum atomic E-state index is -4.52. The van der Waals surface area contributed by atoms with Crippen molar-refractivity contribution >= 4 is 112 Å². The van der Waals surface area contributed by atoms with Gasteiger partial charge in [-0.25, -0.2) is 0 Å².